The van der Waals surface area contributed by atoms with E-state index >= 15 is 0 Å². The summed E-state index contributed by atoms with van der Waals surface area (Å²) in [6.07, 6.45) is 8.20. The molecule has 2 heteroatoms. The summed E-state index contributed by atoms with van der Waals surface area (Å²) >= 11 is 4.58. The molecule has 0 radical (unpaired) electrons. The van der Waals surface area contributed by atoms with Crippen LogP contribution in [0.2, 0.25) is 0 Å². The lowest BCUT2D eigenvalue weighted by Crippen LogP contribution is -2.11. The predicted molar refractivity (Wildman–Crippen MR) is 71.6 cm³/mol. The highest BCUT2D eigenvalue weighted by Crippen LogP contribution is 2.19. The lowest BCUT2D eigenvalue weighted by molar-refractivity contribution is 0.359. The zero-order valence-corrected chi connectivity index (χ0v) is 11.3. The number of aliphatic imine (C=N–C) groups is 1. The Morgan fingerprint density at radius 3 is 2.33 bits per heavy atom. The van der Waals surface area contributed by atoms with Crippen LogP contribution in [0, 0.1) is 11.8 Å². The summed E-state index contributed by atoms with van der Waals surface area (Å²) in [5.74, 6) is 1.41. The SMILES string of the molecule is CCCCCCCC(C)C(C)CN=C=S. The Morgan fingerprint density at radius 1 is 1.07 bits per heavy atom. The molecule has 0 aliphatic carbocycles. The van der Waals surface area contributed by atoms with Crippen molar-refractivity contribution < 1.29 is 0 Å². The number of thiocarbonyl (C=S) groups is 1. The maximum Gasteiger partial charge on any atom is 0.0585 e. The fraction of sp³-hybridized carbons (Fsp3) is 0.923. The Hall–Kier alpha value is -0.200. The monoisotopic (exact) mass is 227 g/mol. The average molecular weight is 227 g/mol. The van der Waals surface area contributed by atoms with Gasteiger partial charge in [-0.2, -0.15) is 0 Å². The first-order valence-electron chi connectivity index (χ1n) is 6.26. The third kappa shape index (κ3) is 8.77. The summed E-state index contributed by atoms with van der Waals surface area (Å²) in [7, 11) is 0. The summed E-state index contributed by atoms with van der Waals surface area (Å²) in [4.78, 5) is 4.02. The van der Waals surface area contributed by atoms with Gasteiger partial charge in [-0.3, -0.25) is 0 Å². The van der Waals surface area contributed by atoms with E-state index in [-0.39, 0.29) is 0 Å². The van der Waals surface area contributed by atoms with E-state index in [1.54, 1.807) is 0 Å². The molecule has 0 fully saturated rings. The average Bonchev–Trinajstić information content (AvgIpc) is 2.25. The maximum absolute atomic E-state index is 4.58. The first-order valence-corrected chi connectivity index (χ1v) is 6.66. The van der Waals surface area contributed by atoms with Gasteiger partial charge in [0.05, 0.1) is 11.7 Å². The van der Waals surface area contributed by atoms with E-state index in [1.807, 2.05) is 0 Å². The molecule has 2 unspecified atom stereocenters. The van der Waals surface area contributed by atoms with E-state index in [4.69, 9.17) is 0 Å². The third-order valence-corrected chi connectivity index (χ3v) is 3.31. The van der Waals surface area contributed by atoms with Gasteiger partial charge in [-0.25, -0.2) is 4.99 Å². The maximum atomic E-state index is 4.58. The van der Waals surface area contributed by atoms with Crippen LogP contribution < -0.4 is 0 Å². The molecule has 1 nitrogen and oxygen atoms in total. The van der Waals surface area contributed by atoms with Gasteiger partial charge in [-0.1, -0.05) is 59.3 Å². The van der Waals surface area contributed by atoms with Crippen molar-refractivity contribution in [2.75, 3.05) is 6.54 Å². The second kappa shape index (κ2) is 10.3. The lowest BCUT2D eigenvalue weighted by atomic mass is 9.90. The second-order valence-electron chi connectivity index (χ2n) is 4.59. The van der Waals surface area contributed by atoms with E-state index in [0.717, 1.165) is 12.5 Å². The number of hydrogen-bond acceptors (Lipinski definition) is 2. The molecule has 88 valence electrons. The summed E-state index contributed by atoms with van der Waals surface area (Å²) in [5, 5.41) is 2.45. The van der Waals surface area contributed by atoms with E-state index in [9.17, 15) is 0 Å². The molecule has 0 spiro atoms. The van der Waals surface area contributed by atoms with Crippen molar-refractivity contribution in [1.29, 1.82) is 0 Å². The number of rotatable bonds is 9. The van der Waals surface area contributed by atoms with Crippen LogP contribution in [0.3, 0.4) is 0 Å². The van der Waals surface area contributed by atoms with Crippen LogP contribution in [0.1, 0.15) is 59.3 Å². The van der Waals surface area contributed by atoms with Crippen molar-refractivity contribution in [1.82, 2.24) is 0 Å². The van der Waals surface area contributed by atoms with Crippen molar-refractivity contribution in [2.24, 2.45) is 16.8 Å². The highest BCUT2D eigenvalue weighted by molar-refractivity contribution is 7.78. The van der Waals surface area contributed by atoms with Gasteiger partial charge in [0.1, 0.15) is 0 Å². The molecule has 0 saturated carbocycles. The van der Waals surface area contributed by atoms with Crippen molar-refractivity contribution in [3.05, 3.63) is 0 Å². The van der Waals surface area contributed by atoms with Crippen molar-refractivity contribution in [2.45, 2.75) is 59.3 Å². The van der Waals surface area contributed by atoms with Gasteiger partial charge in [0, 0.05) is 0 Å². The van der Waals surface area contributed by atoms with Crippen LogP contribution in [-0.4, -0.2) is 11.7 Å². The summed E-state index contributed by atoms with van der Waals surface area (Å²) in [6, 6.07) is 0. The number of nitrogens with zero attached hydrogens (tertiary/aromatic N) is 1. The zero-order chi connectivity index (χ0) is 11.5. The molecule has 0 aromatic carbocycles. The largest absolute Gasteiger partial charge is 0.232 e. The van der Waals surface area contributed by atoms with Gasteiger partial charge in [0.2, 0.25) is 0 Å². The standard InChI is InChI=1S/C13H25NS/c1-4-5-6-7-8-9-12(2)13(3)10-14-11-15/h12-13H,4-10H2,1-3H3. The highest BCUT2D eigenvalue weighted by atomic mass is 32.1. The summed E-state index contributed by atoms with van der Waals surface area (Å²) in [6.45, 7) is 7.68. The molecule has 0 rings (SSSR count). The van der Waals surface area contributed by atoms with Crippen molar-refractivity contribution in [3.8, 4) is 0 Å². The molecule has 15 heavy (non-hydrogen) atoms. The van der Waals surface area contributed by atoms with Gasteiger partial charge in [-0.15, -0.1) is 0 Å². The minimum absolute atomic E-state index is 0.645. The molecule has 0 aliphatic rings. The molecular weight excluding hydrogens is 202 g/mol. The fourth-order valence-corrected chi connectivity index (χ4v) is 1.79. The Morgan fingerprint density at radius 2 is 1.73 bits per heavy atom. The Balaban J connectivity index is 3.46. The first-order chi connectivity index (χ1) is 7.22. The topological polar surface area (TPSA) is 12.4 Å². The van der Waals surface area contributed by atoms with Gasteiger partial charge < -0.3 is 0 Å². The lowest BCUT2D eigenvalue weighted by Gasteiger charge is -2.17. The molecule has 2 atom stereocenters. The van der Waals surface area contributed by atoms with Crippen LogP contribution in [0.4, 0.5) is 0 Å². The van der Waals surface area contributed by atoms with Crippen LogP contribution in [0.5, 0.6) is 0 Å². The minimum Gasteiger partial charge on any atom is -0.232 e. The Labute approximate surface area is 100 Å². The predicted octanol–water partition coefficient (Wildman–Crippen LogP) is 4.72. The molecule has 0 heterocycles. The van der Waals surface area contributed by atoms with E-state index < -0.39 is 0 Å². The quantitative estimate of drug-likeness (QED) is 0.315. The normalized spacial score (nSPS) is 14.3. The molecule has 0 bridgehead atoms. The smallest absolute Gasteiger partial charge is 0.0585 e. The van der Waals surface area contributed by atoms with Crippen molar-refractivity contribution in [3.63, 3.8) is 0 Å². The molecule has 0 aliphatic heterocycles. The molecule has 0 amide bonds. The fourth-order valence-electron chi connectivity index (χ4n) is 1.72. The molecular formula is C13H25NS. The Bertz CT molecular complexity index is 185. The molecule has 0 saturated heterocycles. The number of unbranched alkanes of at least 4 members (excludes halogenated alkanes) is 4. The van der Waals surface area contributed by atoms with Crippen LogP contribution in [0.15, 0.2) is 4.99 Å². The number of isothiocyanates is 1. The van der Waals surface area contributed by atoms with Crippen LogP contribution in [-0.2, 0) is 0 Å². The first kappa shape index (κ1) is 14.8. The third-order valence-electron chi connectivity index (χ3n) is 3.18. The molecule has 0 aromatic rings. The second-order valence-corrected chi connectivity index (χ2v) is 4.77. The summed E-state index contributed by atoms with van der Waals surface area (Å²) < 4.78 is 0. The van der Waals surface area contributed by atoms with Gasteiger partial charge in [0.15, 0.2) is 0 Å². The van der Waals surface area contributed by atoms with Crippen molar-refractivity contribution >= 4 is 17.4 Å². The summed E-state index contributed by atoms with van der Waals surface area (Å²) in [5.41, 5.74) is 0. The zero-order valence-electron chi connectivity index (χ0n) is 10.5. The highest BCUT2D eigenvalue weighted by Gasteiger charge is 2.10. The molecule has 0 N–H and O–H groups in total. The van der Waals surface area contributed by atoms with E-state index in [1.165, 1.54) is 38.5 Å². The van der Waals surface area contributed by atoms with E-state index in [0.29, 0.717) is 5.92 Å². The van der Waals surface area contributed by atoms with Crippen LogP contribution in [0.25, 0.3) is 0 Å². The molecule has 0 aromatic heterocycles. The van der Waals surface area contributed by atoms with E-state index in [2.05, 4.69) is 43.1 Å². The van der Waals surface area contributed by atoms with Gasteiger partial charge in [-0.05, 0) is 24.1 Å². The van der Waals surface area contributed by atoms with Gasteiger partial charge in [0.25, 0.3) is 0 Å². The van der Waals surface area contributed by atoms with Crippen LogP contribution >= 0.6 is 12.2 Å². The number of hydrogen-bond donors (Lipinski definition) is 0. The van der Waals surface area contributed by atoms with Gasteiger partial charge >= 0.3 is 0 Å². The minimum atomic E-state index is 0.645. The Kier molecular flexibility index (Phi) is 10.2.